The third-order valence-electron chi connectivity index (χ3n) is 4.89. The molecule has 0 bridgehead atoms. The molecule has 0 fully saturated rings. The molecule has 8 nitrogen and oxygen atoms in total. The zero-order chi connectivity index (χ0) is 25.0. The lowest BCUT2D eigenvalue weighted by molar-refractivity contribution is -0.192. The van der Waals surface area contributed by atoms with Gasteiger partial charge in [-0.15, -0.1) is 13.2 Å². The Morgan fingerprint density at radius 2 is 1.25 bits per heavy atom. The van der Waals surface area contributed by atoms with Gasteiger partial charge in [0.1, 0.15) is 0 Å². The summed E-state index contributed by atoms with van der Waals surface area (Å²) in [5, 5.41) is 0. The number of allylic oxidation sites excluding steroid dienone is 4. The van der Waals surface area contributed by atoms with Gasteiger partial charge >= 0.3 is 24.1 Å². The van der Waals surface area contributed by atoms with Gasteiger partial charge in [-0.25, -0.2) is 0 Å². The largest absolute Gasteiger partial charge is 0.466 e. The van der Waals surface area contributed by atoms with Crippen LogP contribution in [-0.2, 0) is 38.2 Å². The summed E-state index contributed by atoms with van der Waals surface area (Å²) in [6.07, 6.45) is 10.2. The van der Waals surface area contributed by atoms with Crippen molar-refractivity contribution < 1.29 is 38.2 Å². The highest BCUT2D eigenvalue weighted by Gasteiger charge is 2.49. The second-order valence-electron chi connectivity index (χ2n) is 6.83. The van der Waals surface area contributed by atoms with Crippen molar-refractivity contribution in [3.8, 4) is 0 Å². The van der Waals surface area contributed by atoms with Crippen molar-refractivity contribution in [1.29, 1.82) is 0 Å². The van der Waals surface area contributed by atoms with E-state index < -0.39 is 22.8 Å². The third-order valence-corrected chi connectivity index (χ3v) is 4.89. The van der Waals surface area contributed by atoms with Gasteiger partial charge < -0.3 is 14.2 Å². The van der Waals surface area contributed by atoms with E-state index in [1.807, 2.05) is 26.0 Å². The van der Waals surface area contributed by atoms with E-state index in [1.165, 1.54) is 0 Å². The molecule has 0 aromatic rings. The number of hydrogen-bond acceptors (Lipinski definition) is 8. The summed E-state index contributed by atoms with van der Waals surface area (Å²) in [7, 11) is 0. The van der Waals surface area contributed by atoms with E-state index >= 15 is 0 Å². The van der Waals surface area contributed by atoms with Gasteiger partial charge in [0.05, 0.1) is 25.2 Å². The Hall–Kier alpha value is -2.99. The normalized spacial score (nSPS) is 13.1. The molecule has 0 aromatic carbocycles. The van der Waals surface area contributed by atoms with Crippen LogP contribution in [0.4, 0.5) is 0 Å². The summed E-state index contributed by atoms with van der Waals surface area (Å²) in [5.74, 6) is -1.09. The maximum absolute atomic E-state index is 11.8. The van der Waals surface area contributed by atoms with E-state index in [0.717, 1.165) is 6.42 Å². The Balaban J connectivity index is 0. The van der Waals surface area contributed by atoms with E-state index in [2.05, 4.69) is 13.2 Å². The summed E-state index contributed by atoms with van der Waals surface area (Å²) in [5.41, 5.74) is -1.56. The van der Waals surface area contributed by atoms with Crippen molar-refractivity contribution in [1.82, 2.24) is 0 Å². The standard InChI is InChI=1S/C12H20O2.C11H16O4.CO2/c1-5-9-12(7-3,10-6-2)11(13)14-8-4;1-3-14-9(12)11(7-5-6-8-11)10(13)15-4-2;2-1-3/h5-6H,1-2,7-10H2,3-4H3;5-6H,3-4,7-8H2,1-2H3;. The third kappa shape index (κ3) is 9.43. The molecule has 32 heavy (non-hydrogen) atoms. The monoisotopic (exact) mass is 452 g/mol. The molecule has 8 heteroatoms. The first-order valence-corrected chi connectivity index (χ1v) is 10.6. The fourth-order valence-corrected chi connectivity index (χ4v) is 3.13. The first-order valence-electron chi connectivity index (χ1n) is 10.6. The summed E-state index contributed by atoms with van der Waals surface area (Å²) < 4.78 is 14.9. The molecule has 0 aromatic heterocycles. The maximum atomic E-state index is 11.8. The lowest BCUT2D eigenvalue weighted by atomic mass is 9.79. The van der Waals surface area contributed by atoms with Crippen LogP contribution in [-0.4, -0.2) is 43.9 Å². The number of carbonyl (C=O) groups excluding carboxylic acids is 5. The van der Waals surface area contributed by atoms with Crippen molar-refractivity contribution in [3.63, 3.8) is 0 Å². The molecule has 0 spiro atoms. The first-order chi connectivity index (χ1) is 15.2. The van der Waals surface area contributed by atoms with Crippen molar-refractivity contribution in [2.24, 2.45) is 10.8 Å². The Kier molecular flexibility index (Phi) is 17.2. The molecule has 0 atom stereocenters. The van der Waals surface area contributed by atoms with Gasteiger partial charge in [-0.3, -0.25) is 14.4 Å². The van der Waals surface area contributed by atoms with Crippen LogP contribution in [0, 0.1) is 10.8 Å². The maximum Gasteiger partial charge on any atom is 0.373 e. The molecular formula is C24H36O8. The molecule has 1 aliphatic carbocycles. The first kappa shape index (κ1) is 31.2. The number of rotatable bonds is 11. The predicted molar refractivity (Wildman–Crippen MR) is 118 cm³/mol. The van der Waals surface area contributed by atoms with Crippen molar-refractivity contribution in [2.75, 3.05) is 19.8 Å². The van der Waals surface area contributed by atoms with Gasteiger partial charge in [-0.1, -0.05) is 31.2 Å². The highest BCUT2D eigenvalue weighted by molar-refractivity contribution is 6.01. The van der Waals surface area contributed by atoms with Crippen LogP contribution in [0.5, 0.6) is 0 Å². The molecule has 0 radical (unpaired) electrons. The molecule has 0 saturated carbocycles. The molecule has 0 amide bonds. The average Bonchev–Trinajstić information content (AvgIpc) is 3.26. The quantitative estimate of drug-likeness (QED) is 0.200. The van der Waals surface area contributed by atoms with Gasteiger partial charge in [-0.2, -0.15) is 9.59 Å². The number of carbonyl (C=O) groups is 3. The topological polar surface area (TPSA) is 113 Å². The lowest BCUT2D eigenvalue weighted by Crippen LogP contribution is -2.40. The molecule has 180 valence electrons. The average molecular weight is 453 g/mol. The van der Waals surface area contributed by atoms with Crippen molar-refractivity contribution in [3.05, 3.63) is 37.5 Å². The van der Waals surface area contributed by atoms with E-state index in [-0.39, 0.29) is 25.3 Å². The number of esters is 3. The van der Waals surface area contributed by atoms with Crippen LogP contribution in [0.1, 0.15) is 59.8 Å². The van der Waals surface area contributed by atoms with Crippen LogP contribution in [0.25, 0.3) is 0 Å². The van der Waals surface area contributed by atoms with E-state index in [4.69, 9.17) is 23.8 Å². The minimum Gasteiger partial charge on any atom is -0.466 e. The number of ether oxygens (including phenoxy) is 3. The zero-order valence-electron chi connectivity index (χ0n) is 19.6. The Labute approximate surface area is 190 Å². The van der Waals surface area contributed by atoms with Crippen LogP contribution >= 0.6 is 0 Å². The highest BCUT2D eigenvalue weighted by atomic mass is 16.6. The van der Waals surface area contributed by atoms with E-state index in [9.17, 15) is 14.4 Å². The highest BCUT2D eigenvalue weighted by Crippen LogP contribution is 2.36. The Morgan fingerprint density at radius 3 is 1.53 bits per heavy atom. The van der Waals surface area contributed by atoms with Gasteiger partial charge in [0.25, 0.3) is 0 Å². The second-order valence-corrected chi connectivity index (χ2v) is 6.83. The van der Waals surface area contributed by atoms with Gasteiger partial charge in [0.15, 0.2) is 5.41 Å². The molecule has 0 unspecified atom stereocenters. The molecule has 0 N–H and O–H groups in total. The zero-order valence-corrected chi connectivity index (χ0v) is 19.6. The SMILES string of the molecule is C=CCC(CC)(CC=C)C(=O)OCC.CCOC(=O)C1(C(=O)OCC)CC=CC1.O=C=O. The molecule has 0 heterocycles. The molecule has 1 aliphatic rings. The van der Waals surface area contributed by atoms with E-state index in [0.29, 0.717) is 32.3 Å². The summed E-state index contributed by atoms with van der Waals surface area (Å²) in [6.45, 7) is 15.6. The fourth-order valence-electron chi connectivity index (χ4n) is 3.13. The van der Waals surface area contributed by atoms with E-state index in [1.54, 1.807) is 26.0 Å². The van der Waals surface area contributed by atoms with Crippen molar-refractivity contribution in [2.45, 2.75) is 59.8 Å². The second kappa shape index (κ2) is 17.7. The summed E-state index contributed by atoms with van der Waals surface area (Å²) in [4.78, 5) is 51.4. The summed E-state index contributed by atoms with van der Waals surface area (Å²) in [6, 6.07) is 0. The van der Waals surface area contributed by atoms with Crippen LogP contribution in [0.3, 0.4) is 0 Å². The minimum absolute atomic E-state index is 0.137. The molecule has 0 aliphatic heterocycles. The Morgan fingerprint density at radius 1 is 0.875 bits per heavy atom. The number of hydrogen-bond donors (Lipinski definition) is 0. The van der Waals surface area contributed by atoms with Crippen LogP contribution in [0.2, 0.25) is 0 Å². The van der Waals surface area contributed by atoms with Gasteiger partial charge in [-0.05, 0) is 52.9 Å². The van der Waals surface area contributed by atoms with Gasteiger partial charge in [0.2, 0.25) is 0 Å². The lowest BCUT2D eigenvalue weighted by Gasteiger charge is -2.27. The van der Waals surface area contributed by atoms with Crippen molar-refractivity contribution >= 4 is 24.1 Å². The smallest absolute Gasteiger partial charge is 0.373 e. The summed E-state index contributed by atoms with van der Waals surface area (Å²) >= 11 is 0. The van der Waals surface area contributed by atoms with Crippen LogP contribution < -0.4 is 0 Å². The van der Waals surface area contributed by atoms with Gasteiger partial charge in [0, 0.05) is 0 Å². The molecular weight excluding hydrogens is 416 g/mol. The Bertz CT molecular complexity index is 633. The molecule has 0 saturated heterocycles. The minimum atomic E-state index is -1.12. The fraction of sp³-hybridized carbons (Fsp3) is 0.583. The predicted octanol–water partition coefficient (Wildman–Crippen LogP) is 3.96. The molecule has 1 rings (SSSR count). The van der Waals surface area contributed by atoms with Crippen LogP contribution in [0.15, 0.2) is 37.5 Å².